The highest BCUT2D eigenvalue weighted by Gasteiger charge is 2.25. The van der Waals surface area contributed by atoms with Gasteiger partial charge in [-0.15, -0.1) is 0 Å². The van der Waals surface area contributed by atoms with E-state index in [0.717, 1.165) is 47.4 Å². The van der Waals surface area contributed by atoms with Crippen molar-refractivity contribution in [3.05, 3.63) is 51.9 Å². The van der Waals surface area contributed by atoms with Crippen molar-refractivity contribution in [2.24, 2.45) is 13.0 Å². The van der Waals surface area contributed by atoms with Gasteiger partial charge in [-0.2, -0.15) is 0 Å². The van der Waals surface area contributed by atoms with E-state index in [4.69, 9.17) is 4.98 Å². The predicted molar refractivity (Wildman–Crippen MR) is 140 cm³/mol. The van der Waals surface area contributed by atoms with E-state index in [-0.39, 0.29) is 23.9 Å². The van der Waals surface area contributed by atoms with Gasteiger partial charge in [0.05, 0.1) is 17.1 Å². The summed E-state index contributed by atoms with van der Waals surface area (Å²) >= 11 is 0. The first kappa shape index (κ1) is 26.6. The molecule has 2 aromatic heterocycles. The van der Waals surface area contributed by atoms with E-state index >= 15 is 0 Å². The van der Waals surface area contributed by atoms with Crippen molar-refractivity contribution in [2.45, 2.75) is 58.8 Å². The molecule has 1 aliphatic rings. The molecule has 0 spiro atoms. The molecule has 0 bridgehead atoms. The predicted octanol–water partition coefficient (Wildman–Crippen LogP) is 1.89. The van der Waals surface area contributed by atoms with Crippen LogP contribution in [0.1, 0.15) is 37.8 Å². The number of likely N-dealkylation sites (tertiary alicyclic amines) is 1. The summed E-state index contributed by atoms with van der Waals surface area (Å²) in [5, 5.41) is 22.0. The number of pyridine rings is 1. The number of hydrogen-bond donors (Lipinski definition) is 3. The smallest absolute Gasteiger partial charge is 0.323 e. The molecule has 1 aliphatic heterocycles. The Morgan fingerprint density at radius 3 is 2.68 bits per heavy atom. The molecule has 1 saturated heterocycles. The van der Waals surface area contributed by atoms with Crippen molar-refractivity contribution in [1.82, 2.24) is 24.3 Å². The third-order valence-electron chi connectivity index (χ3n) is 7.11. The number of aromatic nitrogens is 3. The number of aliphatic carboxylic acids is 1. The van der Waals surface area contributed by atoms with Gasteiger partial charge in [0, 0.05) is 57.5 Å². The molecule has 0 aliphatic carbocycles. The second-order valence-electron chi connectivity index (χ2n) is 10.1. The van der Waals surface area contributed by atoms with Crippen LogP contribution in [-0.2, 0) is 29.7 Å². The summed E-state index contributed by atoms with van der Waals surface area (Å²) in [6.45, 7) is 7.25. The zero-order valence-corrected chi connectivity index (χ0v) is 21.8. The normalized spacial score (nSPS) is 17.6. The number of carbonyl (C=O) groups excluding carboxylic acids is 1. The third kappa shape index (κ3) is 5.75. The summed E-state index contributed by atoms with van der Waals surface area (Å²) in [7, 11) is 1.72. The number of aryl methyl sites for hydroxylation is 2. The number of aliphatic hydroxyl groups is 1. The average molecular weight is 510 g/mol. The molecular weight excluding hydrogens is 474 g/mol. The Bertz CT molecular complexity index is 1350. The fourth-order valence-corrected chi connectivity index (χ4v) is 5.14. The van der Waals surface area contributed by atoms with Crippen LogP contribution in [0.5, 0.6) is 0 Å². The molecule has 3 atom stereocenters. The van der Waals surface area contributed by atoms with Crippen LogP contribution in [0.25, 0.3) is 22.4 Å². The van der Waals surface area contributed by atoms with Gasteiger partial charge < -0.3 is 24.2 Å². The summed E-state index contributed by atoms with van der Waals surface area (Å²) < 4.78 is 3.72. The molecule has 1 amide bonds. The number of nitrogens with zero attached hydrogens (tertiary/aromatic N) is 4. The molecule has 0 saturated carbocycles. The van der Waals surface area contributed by atoms with Crippen molar-refractivity contribution in [3.8, 4) is 11.4 Å². The Kier molecular flexibility index (Phi) is 7.79. The maximum absolute atomic E-state index is 12.3. The van der Waals surface area contributed by atoms with Gasteiger partial charge in [0.2, 0.25) is 5.91 Å². The number of hydrogen-bond acceptors (Lipinski definition) is 6. The molecule has 0 radical (unpaired) electrons. The van der Waals surface area contributed by atoms with Crippen LogP contribution >= 0.6 is 0 Å². The quantitative estimate of drug-likeness (QED) is 0.423. The van der Waals surface area contributed by atoms with Crippen LogP contribution in [0.2, 0.25) is 0 Å². The lowest BCUT2D eigenvalue weighted by atomic mass is 9.97. The number of amides is 1. The highest BCUT2D eigenvalue weighted by atomic mass is 16.4. The molecule has 3 unspecified atom stereocenters. The number of imidazole rings is 1. The van der Waals surface area contributed by atoms with E-state index in [1.807, 2.05) is 29.2 Å². The van der Waals surface area contributed by atoms with Crippen molar-refractivity contribution in [1.29, 1.82) is 0 Å². The van der Waals surface area contributed by atoms with Gasteiger partial charge in [0.15, 0.2) is 0 Å². The van der Waals surface area contributed by atoms with E-state index in [0.29, 0.717) is 18.7 Å². The Morgan fingerprint density at radius 1 is 1.27 bits per heavy atom. The Morgan fingerprint density at radius 2 is 2.03 bits per heavy atom. The summed E-state index contributed by atoms with van der Waals surface area (Å²) in [6, 6.07) is 6.59. The minimum Gasteiger partial charge on any atom is -0.480 e. The van der Waals surface area contributed by atoms with Crippen molar-refractivity contribution >= 4 is 22.9 Å². The van der Waals surface area contributed by atoms with Crippen LogP contribution in [0.3, 0.4) is 0 Å². The lowest BCUT2D eigenvalue weighted by Crippen LogP contribution is -2.44. The zero-order chi connectivity index (χ0) is 26.9. The molecule has 4 rings (SSSR count). The number of carboxylic acids is 1. The Labute approximate surface area is 215 Å². The van der Waals surface area contributed by atoms with Crippen LogP contribution < -0.4 is 10.9 Å². The first-order valence-corrected chi connectivity index (χ1v) is 12.6. The van der Waals surface area contributed by atoms with Gasteiger partial charge in [-0.1, -0.05) is 6.07 Å². The van der Waals surface area contributed by atoms with Crippen LogP contribution in [0.4, 0.5) is 0 Å². The van der Waals surface area contributed by atoms with Crippen molar-refractivity contribution in [3.63, 3.8) is 0 Å². The fourth-order valence-electron chi connectivity index (χ4n) is 5.14. The van der Waals surface area contributed by atoms with Gasteiger partial charge in [-0.3, -0.25) is 19.7 Å². The van der Waals surface area contributed by atoms with E-state index in [1.54, 1.807) is 31.7 Å². The van der Waals surface area contributed by atoms with Gasteiger partial charge in [0.25, 0.3) is 5.56 Å². The maximum Gasteiger partial charge on any atom is 0.323 e. The zero-order valence-electron chi connectivity index (χ0n) is 21.8. The molecule has 37 heavy (non-hydrogen) atoms. The molecule has 3 N–H and O–H groups in total. The number of benzene rings is 1. The molecule has 3 aromatic rings. The van der Waals surface area contributed by atoms with Gasteiger partial charge >= 0.3 is 5.97 Å². The van der Waals surface area contributed by atoms with Crippen LogP contribution in [0, 0.1) is 12.8 Å². The first-order valence-electron chi connectivity index (χ1n) is 12.6. The molecule has 1 fully saturated rings. The number of fused-ring (bicyclic) bond motifs is 1. The van der Waals surface area contributed by atoms with E-state index in [9.17, 15) is 24.6 Å². The Hall–Kier alpha value is -3.50. The van der Waals surface area contributed by atoms with Crippen molar-refractivity contribution in [2.75, 3.05) is 13.1 Å². The summed E-state index contributed by atoms with van der Waals surface area (Å²) in [5.41, 5.74) is 3.92. The second-order valence-corrected chi connectivity index (χ2v) is 10.1. The molecule has 10 heteroatoms. The van der Waals surface area contributed by atoms with Gasteiger partial charge in [0.1, 0.15) is 11.9 Å². The monoisotopic (exact) mass is 509 g/mol. The van der Waals surface area contributed by atoms with Crippen LogP contribution in [0.15, 0.2) is 35.3 Å². The van der Waals surface area contributed by atoms with Gasteiger partial charge in [-0.25, -0.2) is 4.98 Å². The van der Waals surface area contributed by atoms with Crippen LogP contribution in [-0.4, -0.2) is 66.3 Å². The maximum atomic E-state index is 12.3. The molecule has 10 nitrogen and oxygen atoms in total. The number of rotatable bonds is 8. The van der Waals surface area contributed by atoms with E-state index < -0.39 is 18.1 Å². The standard InChI is InChI=1S/C27H35N5O5/c1-16-10-21(15-30(4)26(16)35)25-29-22-11-19(12-28-24(17(2)33)27(36)37)7-8-23(22)32(25)14-20-6-5-9-31(13-20)18(3)34/h7-8,10-11,15,17,20,24,28,33H,5-6,9,12-14H2,1-4H3,(H,36,37). The van der Waals surface area contributed by atoms with Crippen molar-refractivity contribution < 1.29 is 19.8 Å². The second kappa shape index (κ2) is 10.9. The SMILES string of the molecule is CC(=O)N1CCCC(Cn2c(-c3cc(C)c(=O)n(C)c3)nc3cc(CNC(C(=O)O)C(C)O)ccc32)C1. The summed E-state index contributed by atoms with van der Waals surface area (Å²) in [6.07, 6.45) is 2.71. The number of carbonyl (C=O) groups is 2. The van der Waals surface area contributed by atoms with E-state index in [1.165, 1.54) is 6.92 Å². The lowest BCUT2D eigenvalue weighted by molar-refractivity contribution is -0.142. The molecular formula is C27H35N5O5. The molecule has 3 heterocycles. The molecule has 1 aromatic carbocycles. The lowest BCUT2D eigenvalue weighted by Gasteiger charge is -2.32. The molecule has 198 valence electrons. The summed E-state index contributed by atoms with van der Waals surface area (Å²) in [4.78, 5) is 42.6. The highest BCUT2D eigenvalue weighted by molar-refractivity contribution is 5.81. The Balaban J connectivity index is 1.73. The average Bonchev–Trinajstić information content (AvgIpc) is 3.19. The largest absolute Gasteiger partial charge is 0.480 e. The minimum absolute atomic E-state index is 0.0600. The number of aliphatic hydroxyl groups excluding tert-OH is 1. The van der Waals surface area contributed by atoms with E-state index in [2.05, 4.69) is 9.88 Å². The minimum atomic E-state index is -1.11. The summed E-state index contributed by atoms with van der Waals surface area (Å²) in [5.74, 6) is -0.0137. The van der Waals surface area contributed by atoms with Gasteiger partial charge in [-0.05, 0) is 56.4 Å². The number of carboxylic acid groups (broad SMARTS) is 1. The first-order chi connectivity index (χ1) is 17.5. The number of piperidine rings is 1. The number of nitrogens with one attached hydrogen (secondary N) is 1. The highest BCUT2D eigenvalue weighted by Crippen LogP contribution is 2.29. The topological polar surface area (TPSA) is 130 Å². The third-order valence-corrected chi connectivity index (χ3v) is 7.11. The fraction of sp³-hybridized carbons (Fsp3) is 0.481.